The van der Waals surface area contributed by atoms with Gasteiger partial charge in [-0.1, -0.05) is 13.3 Å². The van der Waals surface area contributed by atoms with Crippen LogP contribution in [0, 0.1) is 0 Å². The number of hydrogen-bond acceptors (Lipinski definition) is 4. The lowest BCUT2D eigenvalue weighted by Gasteiger charge is -2.09. The first-order valence-corrected chi connectivity index (χ1v) is 6.63. The molecule has 0 aromatic carbocycles. The number of nitrogens with one attached hydrogen (secondary N) is 1. The molecular formula is C15H16N4. The Hall–Kier alpha value is -2.23. The van der Waals surface area contributed by atoms with Gasteiger partial charge < -0.3 is 0 Å². The van der Waals surface area contributed by atoms with Crippen molar-refractivity contribution >= 4 is 11.9 Å². The van der Waals surface area contributed by atoms with Crippen LogP contribution in [0.3, 0.4) is 0 Å². The number of rotatable bonds is 3. The fraction of sp³-hybridized carbons (Fsp3) is 0.267. The van der Waals surface area contributed by atoms with Crippen molar-refractivity contribution in [3.05, 3.63) is 41.9 Å². The fourth-order valence-electron chi connectivity index (χ4n) is 2.18. The van der Waals surface area contributed by atoms with Gasteiger partial charge in [-0.3, -0.25) is 15.4 Å². The Kier molecular flexibility index (Phi) is 3.23. The van der Waals surface area contributed by atoms with E-state index in [0.717, 1.165) is 41.2 Å². The number of aryl methyl sites for hydroxylation is 1. The molecule has 0 saturated carbocycles. The summed E-state index contributed by atoms with van der Waals surface area (Å²) < 4.78 is 0. The lowest BCUT2D eigenvalue weighted by atomic mass is 10.1. The minimum Gasteiger partial charge on any atom is -0.276 e. The summed E-state index contributed by atoms with van der Waals surface area (Å²) in [5, 5.41) is 4.17. The summed E-state index contributed by atoms with van der Waals surface area (Å²) in [5.74, 6) is 0. The molecule has 3 rings (SSSR count). The molecule has 0 radical (unpaired) electrons. The van der Waals surface area contributed by atoms with Crippen LogP contribution in [0.1, 0.15) is 31.2 Å². The number of hydrogen-bond donors (Lipinski definition) is 1. The Morgan fingerprint density at radius 2 is 2.16 bits per heavy atom. The van der Waals surface area contributed by atoms with E-state index in [1.807, 2.05) is 18.2 Å². The van der Waals surface area contributed by atoms with Gasteiger partial charge in [-0.25, -0.2) is 0 Å². The third-order valence-electron chi connectivity index (χ3n) is 3.20. The largest absolute Gasteiger partial charge is 0.276 e. The molecule has 96 valence electrons. The van der Waals surface area contributed by atoms with Crippen LogP contribution in [0.2, 0.25) is 0 Å². The van der Waals surface area contributed by atoms with Crippen molar-refractivity contribution < 1.29 is 0 Å². The molecule has 1 N–H and O–H groups in total. The number of pyridine rings is 2. The number of hydrazone groups is 1. The van der Waals surface area contributed by atoms with E-state index in [4.69, 9.17) is 4.98 Å². The Bertz CT molecular complexity index is 619. The number of unbranched alkanes of at least 4 members (excludes halogenated alkanes) is 1. The molecule has 0 amide bonds. The van der Waals surface area contributed by atoms with E-state index in [2.05, 4.69) is 28.5 Å². The lowest BCUT2D eigenvalue weighted by Crippen LogP contribution is -1.98. The Morgan fingerprint density at radius 1 is 1.21 bits per heavy atom. The zero-order chi connectivity index (χ0) is 13.1. The van der Waals surface area contributed by atoms with Crippen LogP contribution in [0.15, 0.2) is 35.6 Å². The quantitative estimate of drug-likeness (QED) is 0.912. The maximum Gasteiger partial charge on any atom is 0.0977 e. The molecule has 1 aliphatic heterocycles. The summed E-state index contributed by atoms with van der Waals surface area (Å²) in [7, 11) is 0. The highest BCUT2D eigenvalue weighted by Gasteiger charge is 2.14. The SMILES string of the molecule is CCCCc1ccc2c(n1)-c1cccnc1C=NN2. The average Bonchev–Trinajstić information content (AvgIpc) is 2.64. The second kappa shape index (κ2) is 5.18. The van der Waals surface area contributed by atoms with Gasteiger partial charge in [0.15, 0.2) is 0 Å². The minimum absolute atomic E-state index is 0.855. The summed E-state index contributed by atoms with van der Waals surface area (Å²) >= 11 is 0. The van der Waals surface area contributed by atoms with E-state index in [1.54, 1.807) is 12.4 Å². The van der Waals surface area contributed by atoms with E-state index in [0.29, 0.717) is 0 Å². The number of aromatic nitrogens is 2. The van der Waals surface area contributed by atoms with Crippen molar-refractivity contribution in [2.45, 2.75) is 26.2 Å². The summed E-state index contributed by atoms with van der Waals surface area (Å²) in [6.45, 7) is 2.19. The van der Waals surface area contributed by atoms with Gasteiger partial charge in [-0.05, 0) is 37.1 Å². The van der Waals surface area contributed by atoms with Crippen LogP contribution in [0.4, 0.5) is 5.69 Å². The van der Waals surface area contributed by atoms with Gasteiger partial charge in [0.05, 0.1) is 23.3 Å². The second-order valence-corrected chi connectivity index (χ2v) is 4.61. The molecule has 2 aromatic rings. The second-order valence-electron chi connectivity index (χ2n) is 4.61. The molecule has 4 nitrogen and oxygen atoms in total. The van der Waals surface area contributed by atoms with Gasteiger partial charge in [0.2, 0.25) is 0 Å². The van der Waals surface area contributed by atoms with Crippen LogP contribution in [0.25, 0.3) is 11.3 Å². The third kappa shape index (κ3) is 2.34. The van der Waals surface area contributed by atoms with Gasteiger partial charge >= 0.3 is 0 Å². The molecule has 0 fully saturated rings. The fourth-order valence-corrected chi connectivity index (χ4v) is 2.18. The molecule has 0 aliphatic carbocycles. The Morgan fingerprint density at radius 3 is 3.05 bits per heavy atom. The van der Waals surface area contributed by atoms with E-state index in [9.17, 15) is 0 Å². The molecule has 1 aliphatic rings. The molecule has 2 aromatic heterocycles. The topological polar surface area (TPSA) is 50.2 Å². The first-order chi connectivity index (χ1) is 9.38. The van der Waals surface area contributed by atoms with Crippen LogP contribution in [-0.4, -0.2) is 16.2 Å². The van der Waals surface area contributed by atoms with Crippen molar-refractivity contribution in [3.8, 4) is 11.3 Å². The van der Waals surface area contributed by atoms with E-state index in [1.165, 1.54) is 6.42 Å². The van der Waals surface area contributed by atoms with Crippen molar-refractivity contribution in [2.24, 2.45) is 5.10 Å². The van der Waals surface area contributed by atoms with Crippen LogP contribution in [0.5, 0.6) is 0 Å². The summed E-state index contributed by atoms with van der Waals surface area (Å²) in [5.41, 5.74) is 7.91. The highest BCUT2D eigenvalue weighted by molar-refractivity contribution is 5.92. The molecule has 3 heterocycles. The summed E-state index contributed by atoms with van der Waals surface area (Å²) in [6.07, 6.45) is 6.87. The zero-order valence-electron chi connectivity index (χ0n) is 10.9. The number of fused-ring (bicyclic) bond motifs is 3. The molecule has 0 unspecified atom stereocenters. The Balaban J connectivity index is 2.08. The van der Waals surface area contributed by atoms with Gasteiger partial charge in [0.1, 0.15) is 0 Å². The smallest absolute Gasteiger partial charge is 0.0977 e. The first-order valence-electron chi connectivity index (χ1n) is 6.63. The number of anilines is 1. The van der Waals surface area contributed by atoms with Gasteiger partial charge in [-0.2, -0.15) is 5.10 Å². The van der Waals surface area contributed by atoms with Crippen LogP contribution in [-0.2, 0) is 6.42 Å². The summed E-state index contributed by atoms with van der Waals surface area (Å²) in [4.78, 5) is 9.11. The van der Waals surface area contributed by atoms with Crippen LogP contribution < -0.4 is 5.43 Å². The molecule has 0 atom stereocenters. The maximum absolute atomic E-state index is 4.77. The standard InChI is InChI=1S/C15H16N4/c1-2-3-5-11-7-8-13-15(18-11)12-6-4-9-16-14(12)10-17-19-13/h4,6-10,19H,2-3,5H2,1H3. The predicted molar refractivity (Wildman–Crippen MR) is 77.3 cm³/mol. The average molecular weight is 252 g/mol. The van der Waals surface area contributed by atoms with Gasteiger partial charge in [-0.15, -0.1) is 0 Å². The maximum atomic E-state index is 4.77. The highest BCUT2D eigenvalue weighted by atomic mass is 15.3. The molecular weight excluding hydrogens is 236 g/mol. The van der Waals surface area contributed by atoms with Crippen molar-refractivity contribution in [2.75, 3.05) is 5.43 Å². The summed E-state index contributed by atoms with van der Waals surface area (Å²) in [6, 6.07) is 8.09. The predicted octanol–water partition coefficient (Wildman–Crippen LogP) is 3.25. The molecule has 0 saturated heterocycles. The van der Waals surface area contributed by atoms with Gasteiger partial charge in [0, 0.05) is 17.5 Å². The number of nitrogens with zero attached hydrogens (tertiary/aromatic N) is 3. The highest BCUT2D eigenvalue weighted by Crippen LogP contribution is 2.29. The lowest BCUT2D eigenvalue weighted by molar-refractivity contribution is 0.777. The normalized spacial score (nSPS) is 12.3. The van der Waals surface area contributed by atoms with Crippen molar-refractivity contribution in [1.82, 2.24) is 9.97 Å². The minimum atomic E-state index is 0.855. The third-order valence-corrected chi connectivity index (χ3v) is 3.20. The van der Waals surface area contributed by atoms with E-state index < -0.39 is 0 Å². The Labute approximate surface area is 112 Å². The van der Waals surface area contributed by atoms with Gasteiger partial charge in [0.25, 0.3) is 0 Å². The van der Waals surface area contributed by atoms with Crippen molar-refractivity contribution in [1.29, 1.82) is 0 Å². The van der Waals surface area contributed by atoms with E-state index in [-0.39, 0.29) is 0 Å². The molecule has 0 spiro atoms. The van der Waals surface area contributed by atoms with Crippen molar-refractivity contribution in [3.63, 3.8) is 0 Å². The monoisotopic (exact) mass is 252 g/mol. The van der Waals surface area contributed by atoms with Crippen LogP contribution >= 0.6 is 0 Å². The molecule has 19 heavy (non-hydrogen) atoms. The zero-order valence-corrected chi connectivity index (χ0v) is 10.9. The van der Waals surface area contributed by atoms with E-state index >= 15 is 0 Å². The molecule has 4 heteroatoms. The molecule has 0 bridgehead atoms. The first kappa shape index (κ1) is 11.8.